The molecular formula is C21H20FNO5S. The molecule has 0 unspecified atom stereocenters. The topological polar surface area (TPSA) is 81.7 Å². The molecule has 2 aromatic rings. The molecule has 1 aliphatic rings. The number of amides is 1. The van der Waals surface area contributed by atoms with E-state index in [1.807, 2.05) is 5.38 Å². The van der Waals surface area contributed by atoms with Crippen LogP contribution >= 0.6 is 11.3 Å². The number of carbonyl (C=O) groups excluding carboxylic acids is 3. The van der Waals surface area contributed by atoms with Gasteiger partial charge in [-0.1, -0.05) is 18.2 Å². The van der Waals surface area contributed by atoms with Crippen molar-refractivity contribution in [2.24, 2.45) is 0 Å². The largest absolute Gasteiger partial charge is 0.462 e. The molecule has 1 aromatic carbocycles. The summed E-state index contributed by atoms with van der Waals surface area (Å²) in [6.07, 6.45) is 4.33. The minimum atomic E-state index is -0.779. The third-order valence-electron chi connectivity index (χ3n) is 4.22. The second-order valence-electron chi connectivity index (χ2n) is 6.40. The monoisotopic (exact) mass is 417 g/mol. The quantitative estimate of drug-likeness (QED) is 0.516. The number of ether oxygens (including phenoxy) is 2. The lowest BCUT2D eigenvalue weighted by molar-refractivity contribution is -0.142. The second kappa shape index (κ2) is 9.47. The van der Waals surface area contributed by atoms with Gasteiger partial charge in [0.1, 0.15) is 10.8 Å². The Labute approximate surface area is 171 Å². The van der Waals surface area contributed by atoms with Crippen molar-refractivity contribution < 1.29 is 28.2 Å². The first-order chi connectivity index (χ1) is 14.0. The number of esters is 2. The van der Waals surface area contributed by atoms with Crippen LogP contribution in [0.15, 0.2) is 35.7 Å². The Morgan fingerprint density at radius 1 is 1.24 bits per heavy atom. The molecule has 1 fully saturated rings. The summed E-state index contributed by atoms with van der Waals surface area (Å²) in [6.45, 7) is 1.42. The number of hydrogen-bond acceptors (Lipinski definition) is 6. The van der Waals surface area contributed by atoms with E-state index in [-0.39, 0.29) is 12.2 Å². The lowest BCUT2D eigenvalue weighted by Gasteiger charge is -2.08. The smallest absolute Gasteiger partial charge is 0.341 e. The standard InChI is InChI=1S/C21H20FNO5S/c1-2-27-21(26)19-15(13-7-8-13)12-29-20(19)23-17(24)11-28-18(25)10-9-14-5-3-4-6-16(14)22/h3-6,9-10,12-13H,2,7-8,11H2,1H3,(H,23,24)/b10-9+. The van der Waals surface area contributed by atoms with Crippen LogP contribution in [-0.4, -0.2) is 31.1 Å². The van der Waals surface area contributed by atoms with Gasteiger partial charge in [0.15, 0.2) is 6.61 Å². The maximum atomic E-state index is 13.5. The van der Waals surface area contributed by atoms with Crippen LogP contribution in [0.2, 0.25) is 0 Å². The minimum Gasteiger partial charge on any atom is -0.462 e. The Balaban J connectivity index is 1.57. The second-order valence-corrected chi connectivity index (χ2v) is 7.28. The number of anilines is 1. The molecule has 1 aliphatic carbocycles. The van der Waals surface area contributed by atoms with E-state index in [9.17, 15) is 18.8 Å². The molecule has 0 bridgehead atoms. The Bertz CT molecular complexity index is 948. The van der Waals surface area contributed by atoms with Gasteiger partial charge in [-0.25, -0.2) is 14.0 Å². The van der Waals surface area contributed by atoms with Gasteiger partial charge < -0.3 is 14.8 Å². The lowest BCUT2D eigenvalue weighted by Crippen LogP contribution is -2.21. The molecule has 0 radical (unpaired) electrons. The maximum absolute atomic E-state index is 13.5. The van der Waals surface area contributed by atoms with Crippen molar-refractivity contribution >= 4 is 40.3 Å². The molecule has 6 nitrogen and oxygen atoms in total. The van der Waals surface area contributed by atoms with Gasteiger partial charge in [-0.05, 0) is 48.8 Å². The van der Waals surface area contributed by atoms with Crippen LogP contribution in [0, 0.1) is 5.82 Å². The zero-order valence-electron chi connectivity index (χ0n) is 15.8. The summed E-state index contributed by atoms with van der Waals surface area (Å²) >= 11 is 1.24. The van der Waals surface area contributed by atoms with Crippen LogP contribution in [0.5, 0.6) is 0 Å². The Morgan fingerprint density at radius 2 is 2.00 bits per heavy atom. The van der Waals surface area contributed by atoms with Gasteiger partial charge in [-0.15, -0.1) is 11.3 Å². The van der Waals surface area contributed by atoms with E-state index in [2.05, 4.69) is 5.32 Å². The molecule has 3 rings (SSSR count). The van der Waals surface area contributed by atoms with Crippen LogP contribution < -0.4 is 5.32 Å². The van der Waals surface area contributed by atoms with Crippen LogP contribution in [0.25, 0.3) is 6.08 Å². The van der Waals surface area contributed by atoms with Crippen molar-refractivity contribution in [3.63, 3.8) is 0 Å². The molecule has 0 aliphatic heterocycles. The average molecular weight is 417 g/mol. The molecule has 152 valence electrons. The fourth-order valence-corrected chi connectivity index (χ4v) is 3.73. The van der Waals surface area contributed by atoms with Crippen molar-refractivity contribution in [1.82, 2.24) is 0 Å². The Hall–Kier alpha value is -3.00. The highest BCUT2D eigenvalue weighted by Gasteiger charge is 2.32. The predicted molar refractivity (Wildman–Crippen MR) is 107 cm³/mol. The van der Waals surface area contributed by atoms with Gasteiger partial charge >= 0.3 is 11.9 Å². The van der Waals surface area contributed by atoms with Gasteiger partial charge in [0, 0.05) is 11.6 Å². The average Bonchev–Trinajstić information content (AvgIpc) is 3.46. The predicted octanol–water partition coefficient (Wildman–Crippen LogP) is 4.14. The summed E-state index contributed by atoms with van der Waals surface area (Å²) in [5.74, 6) is -1.98. The summed E-state index contributed by atoms with van der Waals surface area (Å²) in [5.41, 5.74) is 1.49. The van der Waals surface area contributed by atoms with E-state index in [1.54, 1.807) is 19.1 Å². The molecule has 29 heavy (non-hydrogen) atoms. The summed E-state index contributed by atoms with van der Waals surface area (Å²) in [7, 11) is 0. The van der Waals surface area contributed by atoms with Crippen LogP contribution in [0.3, 0.4) is 0 Å². The molecule has 0 saturated heterocycles. The van der Waals surface area contributed by atoms with E-state index in [0.29, 0.717) is 16.5 Å². The van der Waals surface area contributed by atoms with Crippen LogP contribution in [0.4, 0.5) is 9.39 Å². The first kappa shape index (κ1) is 20.7. The number of nitrogens with one attached hydrogen (secondary N) is 1. The fourth-order valence-electron chi connectivity index (χ4n) is 2.69. The number of thiophene rings is 1. The zero-order valence-corrected chi connectivity index (χ0v) is 16.6. The fraction of sp³-hybridized carbons (Fsp3) is 0.286. The highest BCUT2D eigenvalue weighted by atomic mass is 32.1. The number of hydrogen-bond donors (Lipinski definition) is 1. The van der Waals surface area contributed by atoms with Crippen molar-refractivity contribution in [2.45, 2.75) is 25.7 Å². The van der Waals surface area contributed by atoms with E-state index < -0.39 is 30.3 Å². The molecule has 1 saturated carbocycles. The third-order valence-corrected chi connectivity index (χ3v) is 5.13. The van der Waals surface area contributed by atoms with E-state index in [0.717, 1.165) is 24.5 Å². The van der Waals surface area contributed by atoms with E-state index in [4.69, 9.17) is 9.47 Å². The summed E-state index contributed by atoms with van der Waals surface area (Å²) < 4.78 is 23.5. The van der Waals surface area contributed by atoms with Gasteiger partial charge in [-0.2, -0.15) is 0 Å². The number of halogens is 1. The lowest BCUT2D eigenvalue weighted by atomic mass is 10.1. The zero-order chi connectivity index (χ0) is 20.8. The summed E-state index contributed by atoms with van der Waals surface area (Å²) in [5, 5.41) is 4.84. The van der Waals surface area contributed by atoms with Crippen LogP contribution in [0.1, 0.15) is 47.2 Å². The van der Waals surface area contributed by atoms with E-state index >= 15 is 0 Å². The molecule has 1 aromatic heterocycles. The van der Waals surface area contributed by atoms with Gasteiger partial charge in [-0.3, -0.25) is 4.79 Å². The van der Waals surface area contributed by atoms with Crippen molar-refractivity contribution in [1.29, 1.82) is 0 Å². The van der Waals surface area contributed by atoms with E-state index in [1.165, 1.54) is 29.5 Å². The first-order valence-corrected chi connectivity index (χ1v) is 10.0. The van der Waals surface area contributed by atoms with Crippen molar-refractivity contribution in [3.05, 3.63) is 58.2 Å². The first-order valence-electron chi connectivity index (χ1n) is 9.17. The molecule has 8 heteroatoms. The maximum Gasteiger partial charge on any atom is 0.341 e. The SMILES string of the molecule is CCOC(=O)c1c(C2CC2)csc1NC(=O)COC(=O)/C=C/c1ccccc1F. The molecule has 0 atom stereocenters. The highest BCUT2D eigenvalue weighted by Crippen LogP contribution is 2.46. The number of benzene rings is 1. The van der Waals surface area contributed by atoms with Crippen molar-refractivity contribution in [2.75, 3.05) is 18.5 Å². The molecular weight excluding hydrogens is 397 g/mol. The molecule has 1 amide bonds. The summed E-state index contributed by atoms with van der Waals surface area (Å²) in [6, 6.07) is 5.96. The Morgan fingerprint density at radius 3 is 2.69 bits per heavy atom. The van der Waals surface area contributed by atoms with Gasteiger partial charge in [0.2, 0.25) is 0 Å². The highest BCUT2D eigenvalue weighted by molar-refractivity contribution is 7.15. The molecule has 0 spiro atoms. The van der Waals surface area contributed by atoms with Crippen molar-refractivity contribution in [3.8, 4) is 0 Å². The van der Waals surface area contributed by atoms with Gasteiger partial charge in [0.25, 0.3) is 5.91 Å². The van der Waals surface area contributed by atoms with Gasteiger partial charge in [0.05, 0.1) is 12.2 Å². The molecule has 1 heterocycles. The normalized spacial score (nSPS) is 13.3. The minimum absolute atomic E-state index is 0.234. The summed E-state index contributed by atoms with van der Waals surface area (Å²) in [4.78, 5) is 36.2. The molecule has 1 N–H and O–H groups in total. The third kappa shape index (κ3) is 5.51. The number of rotatable bonds is 8. The van der Waals surface area contributed by atoms with Crippen LogP contribution in [-0.2, 0) is 19.1 Å². The Kier molecular flexibility index (Phi) is 6.77. The number of carbonyl (C=O) groups is 3.